The van der Waals surface area contributed by atoms with Crippen molar-refractivity contribution >= 4 is 21.7 Å². The molecule has 1 atom stereocenters. The van der Waals surface area contributed by atoms with Crippen LogP contribution in [-0.4, -0.2) is 50.9 Å². The van der Waals surface area contributed by atoms with Crippen molar-refractivity contribution in [3.8, 4) is 0 Å². The summed E-state index contributed by atoms with van der Waals surface area (Å²) in [5.74, 6) is 1.39. The van der Waals surface area contributed by atoms with Gasteiger partial charge < -0.3 is 20.4 Å². The number of sulfone groups is 1. The molecule has 3 N–H and O–H groups in total. The van der Waals surface area contributed by atoms with Crippen LogP contribution in [0.4, 0.5) is 0 Å². The van der Waals surface area contributed by atoms with Gasteiger partial charge in [0.1, 0.15) is 12.3 Å². The molecule has 1 aliphatic heterocycles. The van der Waals surface area contributed by atoms with Crippen molar-refractivity contribution in [2.24, 2.45) is 4.99 Å². The molecule has 8 nitrogen and oxygen atoms in total. The minimum Gasteiger partial charge on any atom is -0.467 e. The first-order valence-electron chi connectivity index (χ1n) is 8.03. The van der Waals surface area contributed by atoms with E-state index in [0.717, 1.165) is 5.76 Å². The molecule has 0 saturated carbocycles. The second-order valence-corrected chi connectivity index (χ2v) is 7.85. The van der Waals surface area contributed by atoms with E-state index in [1.165, 1.54) is 0 Å². The molecule has 24 heavy (non-hydrogen) atoms. The standard InChI is InChI=1S/C15H24N4O4S/c1-2-16-15(18-10-13-4-3-8-23-13)17-7-5-14(20)19-12-6-9-24(21,22)11-12/h3-4,8,12H,2,5-7,9-11H2,1H3,(H,19,20)(H2,16,17,18). The van der Waals surface area contributed by atoms with E-state index in [9.17, 15) is 13.2 Å². The van der Waals surface area contributed by atoms with Crippen molar-refractivity contribution in [1.29, 1.82) is 0 Å². The number of hydrogen-bond acceptors (Lipinski definition) is 5. The van der Waals surface area contributed by atoms with E-state index in [1.807, 2.05) is 13.0 Å². The number of aliphatic imine (C=N–C) groups is 1. The van der Waals surface area contributed by atoms with Crippen LogP contribution in [0.2, 0.25) is 0 Å². The molecule has 2 rings (SSSR count). The average Bonchev–Trinajstić information content (AvgIpc) is 3.14. The molecule has 1 fully saturated rings. The van der Waals surface area contributed by atoms with Crippen LogP contribution in [-0.2, 0) is 21.2 Å². The van der Waals surface area contributed by atoms with Crippen molar-refractivity contribution in [2.75, 3.05) is 24.6 Å². The Bertz CT molecular complexity index is 655. The van der Waals surface area contributed by atoms with Crippen LogP contribution in [0.1, 0.15) is 25.5 Å². The molecule has 2 heterocycles. The summed E-state index contributed by atoms with van der Waals surface area (Å²) in [4.78, 5) is 16.2. The Hall–Kier alpha value is -2.03. The highest BCUT2D eigenvalue weighted by Gasteiger charge is 2.28. The molecule has 1 aliphatic rings. The van der Waals surface area contributed by atoms with Gasteiger partial charge in [-0.2, -0.15) is 0 Å². The largest absolute Gasteiger partial charge is 0.467 e. The number of rotatable bonds is 7. The summed E-state index contributed by atoms with van der Waals surface area (Å²) in [7, 11) is -2.98. The SMILES string of the molecule is CCNC(=NCc1ccco1)NCCC(=O)NC1CCS(=O)(=O)C1. The molecule has 0 aromatic carbocycles. The Morgan fingerprint density at radius 1 is 1.42 bits per heavy atom. The number of carbonyl (C=O) groups is 1. The van der Waals surface area contributed by atoms with E-state index in [1.54, 1.807) is 12.3 Å². The first kappa shape index (κ1) is 18.3. The smallest absolute Gasteiger partial charge is 0.222 e. The lowest BCUT2D eigenvalue weighted by molar-refractivity contribution is -0.121. The summed E-state index contributed by atoms with van der Waals surface area (Å²) < 4.78 is 28.0. The molecule has 1 saturated heterocycles. The maximum atomic E-state index is 11.9. The van der Waals surface area contributed by atoms with Gasteiger partial charge in [-0.3, -0.25) is 4.79 Å². The average molecular weight is 356 g/mol. The van der Waals surface area contributed by atoms with Crippen molar-refractivity contribution < 1.29 is 17.6 Å². The maximum Gasteiger partial charge on any atom is 0.222 e. The van der Waals surface area contributed by atoms with Crippen molar-refractivity contribution in [2.45, 2.75) is 32.4 Å². The molecule has 1 unspecified atom stereocenters. The highest BCUT2D eigenvalue weighted by Crippen LogP contribution is 2.11. The van der Waals surface area contributed by atoms with Gasteiger partial charge in [0.25, 0.3) is 0 Å². The molecule has 0 bridgehead atoms. The summed E-state index contributed by atoms with van der Waals surface area (Å²) in [6.07, 6.45) is 2.34. The van der Waals surface area contributed by atoms with Gasteiger partial charge in [0.05, 0.1) is 17.8 Å². The fourth-order valence-electron chi connectivity index (χ4n) is 2.40. The molecule has 1 aromatic heterocycles. The number of hydrogen-bond donors (Lipinski definition) is 3. The van der Waals surface area contributed by atoms with E-state index >= 15 is 0 Å². The molecule has 0 spiro atoms. The van der Waals surface area contributed by atoms with Gasteiger partial charge in [-0.1, -0.05) is 0 Å². The Kier molecular flexibility index (Phi) is 6.65. The van der Waals surface area contributed by atoms with E-state index in [0.29, 0.717) is 32.0 Å². The van der Waals surface area contributed by atoms with E-state index in [-0.39, 0.29) is 29.9 Å². The number of furan rings is 1. The number of nitrogens with one attached hydrogen (secondary N) is 3. The van der Waals surface area contributed by atoms with Crippen molar-refractivity contribution in [3.05, 3.63) is 24.2 Å². The van der Waals surface area contributed by atoms with Gasteiger partial charge in [-0.15, -0.1) is 0 Å². The van der Waals surface area contributed by atoms with Crippen LogP contribution < -0.4 is 16.0 Å². The number of carbonyl (C=O) groups excluding carboxylic acids is 1. The Labute approximate surface area is 142 Å². The van der Waals surface area contributed by atoms with Crippen molar-refractivity contribution in [3.63, 3.8) is 0 Å². The Balaban J connectivity index is 1.71. The molecule has 1 amide bonds. The second kappa shape index (κ2) is 8.72. The predicted octanol–water partition coefficient (Wildman–Crippen LogP) is 0.0281. The topological polar surface area (TPSA) is 113 Å². The highest BCUT2D eigenvalue weighted by atomic mass is 32.2. The third kappa shape index (κ3) is 6.23. The lowest BCUT2D eigenvalue weighted by Crippen LogP contribution is -2.41. The van der Waals surface area contributed by atoms with Gasteiger partial charge in [0, 0.05) is 25.6 Å². The van der Waals surface area contributed by atoms with E-state index in [4.69, 9.17) is 4.42 Å². The number of nitrogens with zero attached hydrogens (tertiary/aromatic N) is 1. The monoisotopic (exact) mass is 356 g/mol. The first-order valence-corrected chi connectivity index (χ1v) is 9.85. The Morgan fingerprint density at radius 2 is 2.25 bits per heavy atom. The molecule has 9 heteroatoms. The second-order valence-electron chi connectivity index (χ2n) is 5.62. The molecule has 1 aromatic rings. The summed E-state index contributed by atoms with van der Waals surface area (Å²) in [5.41, 5.74) is 0. The zero-order chi connectivity index (χ0) is 17.4. The molecular weight excluding hydrogens is 332 g/mol. The lowest BCUT2D eigenvalue weighted by Gasteiger charge is -2.13. The van der Waals surface area contributed by atoms with E-state index < -0.39 is 9.84 Å². The minimum atomic E-state index is -2.98. The van der Waals surface area contributed by atoms with Crippen LogP contribution >= 0.6 is 0 Å². The maximum absolute atomic E-state index is 11.9. The summed E-state index contributed by atoms with van der Waals surface area (Å²) in [6.45, 7) is 3.48. The zero-order valence-corrected chi connectivity index (χ0v) is 14.6. The first-order chi connectivity index (χ1) is 11.5. The summed E-state index contributed by atoms with van der Waals surface area (Å²) in [5, 5.41) is 8.92. The Morgan fingerprint density at radius 3 is 2.88 bits per heavy atom. The molecule has 134 valence electrons. The third-order valence-corrected chi connectivity index (χ3v) is 5.33. The normalized spacial score (nSPS) is 19.9. The van der Waals surface area contributed by atoms with Crippen LogP contribution in [0.5, 0.6) is 0 Å². The van der Waals surface area contributed by atoms with Crippen LogP contribution in [0.25, 0.3) is 0 Å². The minimum absolute atomic E-state index is 0.0411. The van der Waals surface area contributed by atoms with Gasteiger partial charge >= 0.3 is 0 Å². The number of guanidine groups is 1. The predicted molar refractivity (Wildman–Crippen MR) is 91.3 cm³/mol. The van der Waals surface area contributed by atoms with Gasteiger partial charge in [-0.05, 0) is 25.5 Å². The highest BCUT2D eigenvalue weighted by molar-refractivity contribution is 7.91. The molecule has 0 aliphatic carbocycles. The van der Waals surface area contributed by atoms with Gasteiger partial charge in [0.2, 0.25) is 5.91 Å². The fourth-order valence-corrected chi connectivity index (χ4v) is 4.08. The summed E-state index contributed by atoms with van der Waals surface area (Å²) in [6, 6.07) is 3.39. The quantitative estimate of drug-likeness (QED) is 0.469. The number of amides is 1. The summed E-state index contributed by atoms with van der Waals surface area (Å²) >= 11 is 0. The lowest BCUT2D eigenvalue weighted by atomic mass is 10.2. The van der Waals surface area contributed by atoms with Crippen LogP contribution in [0.3, 0.4) is 0 Å². The van der Waals surface area contributed by atoms with Crippen LogP contribution in [0.15, 0.2) is 27.8 Å². The van der Waals surface area contributed by atoms with Crippen LogP contribution in [0, 0.1) is 0 Å². The van der Waals surface area contributed by atoms with Gasteiger partial charge in [-0.25, -0.2) is 13.4 Å². The van der Waals surface area contributed by atoms with E-state index in [2.05, 4.69) is 20.9 Å². The molecular formula is C15H24N4O4S. The fraction of sp³-hybridized carbons (Fsp3) is 0.600. The zero-order valence-electron chi connectivity index (χ0n) is 13.7. The third-order valence-electron chi connectivity index (χ3n) is 3.56. The van der Waals surface area contributed by atoms with Gasteiger partial charge in [0.15, 0.2) is 15.8 Å². The molecule has 0 radical (unpaired) electrons. The van der Waals surface area contributed by atoms with Crippen molar-refractivity contribution in [1.82, 2.24) is 16.0 Å².